The molecule has 0 saturated heterocycles. The Morgan fingerprint density at radius 3 is 2.15 bits per heavy atom. The molecule has 3 rings (SSSR count). The number of ether oxygens (including phenoxy) is 2. The van der Waals surface area contributed by atoms with E-state index in [9.17, 15) is 4.79 Å². The van der Waals surface area contributed by atoms with E-state index in [0.29, 0.717) is 18.1 Å². The first-order chi connectivity index (χ1) is 13.3. The van der Waals surface area contributed by atoms with E-state index in [2.05, 4.69) is 10.3 Å². The first-order valence-electron chi connectivity index (χ1n) is 8.86. The quantitative estimate of drug-likeness (QED) is 0.663. The lowest BCUT2D eigenvalue weighted by Crippen LogP contribution is -2.33. The van der Waals surface area contributed by atoms with Gasteiger partial charge in [0.15, 0.2) is 18.1 Å². The average molecular weight is 362 g/mol. The second-order valence-corrected chi connectivity index (χ2v) is 5.86. The molecular formula is C22H22N2O3. The summed E-state index contributed by atoms with van der Waals surface area (Å²) in [5.74, 6) is 0.961. The Balaban J connectivity index is 1.70. The number of para-hydroxylation sites is 2. The third-order valence-electron chi connectivity index (χ3n) is 3.99. The maximum Gasteiger partial charge on any atom is 0.258 e. The van der Waals surface area contributed by atoms with Crippen molar-refractivity contribution in [3.8, 4) is 11.5 Å². The Morgan fingerprint density at radius 2 is 1.48 bits per heavy atom. The highest BCUT2D eigenvalue weighted by Gasteiger charge is 2.17. The van der Waals surface area contributed by atoms with E-state index in [1.54, 1.807) is 18.5 Å². The molecule has 1 aromatic heterocycles. The van der Waals surface area contributed by atoms with Gasteiger partial charge >= 0.3 is 0 Å². The van der Waals surface area contributed by atoms with E-state index in [1.807, 2.05) is 67.6 Å². The van der Waals surface area contributed by atoms with Crippen LogP contribution in [0.1, 0.15) is 24.1 Å². The second kappa shape index (κ2) is 9.38. The Labute approximate surface area is 159 Å². The van der Waals surface area contributed by atoms with Gasteiger partial charge in [0, 0.05) is 12.4 Å². The minimum absolute atomic E-state index is 0.0987. The maximum absolute atomic E-state index is 12.6. The van der Waals surface area contributed by atoms with Crippen LogP contribution in [0, 0.1) is 0 Å². The van der Waals surface area contributed by atoms with E-state index in [1.165, 1.54) is 0 Å². The number of nitrogens with zero attached hydrogens (tertiary/aromatic N) is 1. The van der Waals surface area contributed by atoms with E-state index in [-0.39, 0.29) is 18.6 Å². The summed E-state index contributed by atoms with van der Waals surface area (Å²) < 4.78 is 11.2. The summed E-state index contributed by atoms with van der Waals surface area (Å²) >= 11 is 0. The van der Waals surface area contributed by atoms with E-state index < -0.39 is 0 Å². The molecule has 2 aromatic carbocycles. The second-order valence-electron chi connectivity index (χ2n) is 5.86. The van der Waals surface area contributed by atoms with Gasteiger partial charge in [-0.2, -0.15) is 0 Å². The standard InChI is InChI=1S/C22H22N2O3/c1-2-26-19-10-6-7-11-20(19)27-16-21(25)24-22(17-8-4-3-5-9-17)18-12-14-23-15-13-18/h3-15,22H,2,16H2,1H3,(H,24,25)/t22-/m0/s1. The van der Waals surface area contributed by atoms with Crippen LogP contribution in [-0.2, 0) is 4.79 Å². The molecule has 1 amide bonds. The van der Waals surface area contributed by atoms with Crippen LogP contribution in [0.5, 0.6) is 11.5 Å². The number of hydrogen-bond acceptors (Lipinski definition) is 4. The molecule has 0 aliphatic carbocycles. The minimum Gasteiger partial charge on any atom is -0.490 e. The van der Waals surface area contributed by atoms with Crippen LogP contribution in [-0.4, -0.2) is 24.1 Å². The third-order valence-corrected chi connectivity index (χ3v) is 3.99. The van der Waals surface area contributed by atoms with Crippen LogP contribution in [0.25, 0.3) is 0 Å². The number of pyridine rings is 1. The number of hydrogen-bond donors (Lipinski definition) is 1. The smallest absolute Gasteiger partial charge is 0.258 e. The van der Waals surface area contributed by atoms with E-state index in [4.69, 9.17) is 9.47 Å². The van der Waals surface area contributed by atoms with Gasteiger partial charge in [-0.1, -0.05) is 42.5 Å². The summed E-state index contributed by atoms with van der Waals surface area (Å²) in [6.07, 6.45) is 3.43. The number of rotatable bonds is 8. The SMILES string of the molecule is CCOc1ccccc1OCC(=O)N[C@@H](c1ccccc1)c1ccncc1. The van der Waals surface area contributed by atoms with Crippen LogP contribution in [0.4, 0.5) is 0 Å². The highest BCUT2D eigenvalue weighted by Crippen LogP contribution is 2.26. The van der Waals surface area contributed by atoms with Crippen LogP contribution in [0.15, 0.2) is 79.1 Å². The monoisotopic (exact) mass is 362 g/mol. The largest absolute Gasteiger partial charge is 0.490 e. The number of aromatic nitrogens is 1. The Hall–Kier alpha value is -3.34. The number of benzene rings is 2. The molecular weight excluding hydrogens is 340 g/mol. The van der Waals surface area contributed by atoms with Gasteiger partial charge in [0.25, 0.3) is 5.91 Å². The lowest BCUT2D eigenvalue weighted by atomic mass is 10.00. The van der Waals surface area contributed by atoms with Crippen molar-refractivity contribution >= 4 is 5.91 Å². The molecule has 0 fully saturated rings. The van der Waals surface area contributed by atoms with Crippen molar-refractivity contribution in [1.82, 2.24) is 10.3 Å². The molecule has 0 bridgehead atoms. The first-order valence-corrected chi connectivity index (χ1v) is 8.86. The number of carbonyl (C=O) groups excluding carboxylic acids is 1. The first kappa shape index (κ1) is 18.5. The van der Waals surface area contributed by atoms with Crippen molar-refractivity contribution in [1.29, 1.82) is 0 Å². The summed E-state index contributed by atoms with van der Waals surface area (Å²) in [5.41, 5.74) is 1.95. The Kier molecular flexibility index (Phi) is 6.41. The van der Waals surface area contributed by atoms with Gasteiger partial charge in [-0.25, -0.2) is 0 Å². The van der Waals surface area contributed by atoms with E-state index >= 15 is 0 Å². The van der Waals surface area contributed by atoms with E-state index in [0.717, 1.165) is 11.1 Å². The van der Waals surface area contributed by atoms with Gasteiger partial charge in [0.2, 0.25) is 0 Å². The fourth-order valence-electron chi connectivity index (χ4n) is 2.75. The number of nitrogens with one attached hydrogen (secondary N) is 1. The van der Waals surface area contributed by atoms with Gasteiger partial charge in [0.1, 0.15) is 0 Å². The van der Waals surface area contributed by atoms with Crippen molar-refractivity contribution in [3.63, 3.8) is 0 Å². The topological polar surface area (TPSA) is 60.5 Å². The van der Waals surface area contributed by atoms with Crippen molar-refractivity contribution in [2.24, 2.45) is 0 Å². The molecule has 1 heterocycles. The predicted octanol–water partition coefficient (Wildman–Crippen LogP) is 3.76. The predicted molar refractivity (Wildman–Crippen MR) is 104 cm³/mol. The molecule has 0 spiro atoms. The van der Waals surface area contributed by atoms with Gasteiger partial charge < -0.3 is 14.8 Å². The molecule has 0 aliphatic rings. The Bertz CT molecular complexity index is 814. The lowest BCUT2D eigenvalue weighted by molar-refractivity contribution is -0.123. The molecule has 138 valence electrons. The molecule has 0 aliphatic heterocycles. The van der Waals surface area contributed by atoms with Gasteiger partial charge in [-0.05, 0) is 42.3 Å². The van der Waals surface area contributed by atoms with Crippen LogP contribution >= 0.6 is 0 Å². The van der Waals surface area contributed by atoms with Crippen molar-refractivity contribution in [3.05, 3.63) is 90.3 Å². The number of amides is 1. The molecule has 0 unspecified atom stereocenters. The summed E-state index contributed by atoms with van der Waals surface area (Å²) in [6, 6.07) is 20.6. The van der Waals surface area contributed by atoms with Crippen molar-refractivity contribution in [2.45, 2.75) is 13.0 Å². The van der Waals surface area contributed by atoms with Gasteiger partial charge in [-0.15, -0.1) is 0 Å². The molecule has 5 heteroatoms. The van der Waals surface area contributed by atoms with Crippen LogP contribution < -0.4 is 14.8 Å². The molecule has 3 aromatic rings. The van der Waals surface area contributed by atoms with Gasteiger partial charge in [-0.3, -0.25) is 9.78 Å². The minimum atomic E-state index is -0.271. The molecule has 27 heavy (non-hydrogen) atoms. The van der Waals surface area contributed by atoms with Crippen molar-refractivity contribution < 1.29 is 14.3 Å². The number of carbonyl (C=O) groups is 1. The molecule has 0 radical (unpaired) electrons. The highest BCUT2D eigenvalue weighted by molar-refractivity contribution is 5.78. The fourth-order valence-corrected chi connectivity index (χ4v) is 2.75. The summed E-state index contributed by atoms with van der Waals surface area (Å²) in [4.78, 5) is 16.6. The zero-order valence-corrected chi connectivity index (χ0v) is 15.2. The normalized spacial score (nSPS) is 11.4. The zero-order chi connectivity index (χ0) is 18.9. The summed E-state index contributed by atoms with van der Waals surface area (Å²) in [7, 11) is 0. The van der Waals surface area contributed by atoms with Crippen LogP contribution in [0.3, 0.4) is 0 Å². The molecule has 0 saturated carbocycles. The fraction of sp³-hybridized carbons (Fsp3) is 0.182. The molecule has 1 atom stereocenters. The lowest BCUT2D eigenvalue weighted by Gasteiger charge is -2.20. The zero-order valence-electron chi connectivity index (χ0n) is 15.2. The summed E-state index contributed by atoms with van der Waals surface area (Å²) in [6.45, 7) is 2.34. The van der Waals surface area contributed by atoms with Crippen LogP contribution in [0.2, 0.25) is 0 Å². The average Bonchev–Trinajstić information content (AvgIpc) is 2.73. The molecule has 5 nitrogen and oxygen atoms in total. The van der Waals surface area contributed by atoms with Crippen molar-refractivity contribution in [2.75, 3.05) is 13.2 Å². The molecule has 1 N–H and O–H groups in total. The third kappa shape index (κ3) is 5.07. The van der Waals surface area contributed by atoms with Gasteiger partial charge in [0.05, 0.1) is 12.6 Å². The highest BCUT2D eigenvalue weighted by atomic mass is 16.5. The maximum atomic E-state index is 12.6. The summed E-state index contributed by atoms with van der Waals surface area (Å²) in [5, 5.41) is 3.04. The Morgan fingerprint density at radius 1 is 0.889 bits per heavy atom.